The number of benzene rings is 2. The van der Waals surface area contributed by atoms with Crippen molar-refractivity contribution in [1.29, 1.82) is 0 Å². The van der Waals surface area contributed by atoms with Crippen LogP contribution < -0.4 is 5.32 Å². The molecule has 1 N–H and O–H groups in total. The van der Waals surface area contributed by atoms with Gasteiger partial charge in [0.25, 0.3) is 0 Å². The second-order valence-corrected chi connectivity index (χ2v) is 9.27. The molecular formula is C23H25ClN4OS. The fourth-order valence-electron chi connectivity index (χ4n) is 3.59. The molecule has 4 rings (SSSR count). The Morgan fingerprint density at radius 1 is 1.10 bits per heavy atom. The number of carbonyl (C=O) groups excluding carboxylic acids is 1. The zero-order chi connectivity index (χ0) is 21.1. The van der Waals surface area contributed by atoms with Gasteiger partial charge in [0.1, 0.15) is 5.04 Å². The minimum absolute atomic E-state index is 0.0717. The van der Waals surface area contributed by atoms with Crippen LogP contribution >= 0.6 is 23.4 Å². The van der Waals surface area contributed by atoms with Crippen molar-refractivity contribution in [2.24, 2.45) is 9.98 Å². The van der Waals surface area contributed by atoms with Crippen LogP contribution in [0, 0.1) is 6.92 Å². The lowest BCUT2D eigenvalue weighted by atomic mass is 9.99. The van der Waals surface area contributed by atoms with Gasteiger partial charge in [-0.2, -0.15) is 0 Å². The molecule has 7 heteroatoms. The normalized spacial score (nSPS) is 18.2. The van der Waals surface area contributed by atoms with E-state index in [0.717, 1.165) is 47.9 Å². The van der Waals surface area contributed by atoms with Gasteiger partial charge >= 0.3 is 0 Å². The number of thioether (sulfide) groups is 1. The molecule has 0 saturated carbocycles. The minimum atomic E-state index is -0.387. The molecule has 30 heavy (non-hydrogen) atoms. The Morgan fingerprint density at radius 2 is 1.77 bits per heavy atom. The van der Waals surface area contributed by atoms with Gasteiger partial charge in [-0.1, -0.05) is 53.2 Å². The molecule has 1 spiro atoms. The topological polar surface area (TPSA) is 57.1 Å². The number of nitrogens with one attached hydrogen (secondary N) is 1. The van der Waals surface area contributed by atoms with Crippen molar-refractivity contribution >= 4 is 45.7 Å². The monoisotopic (exact) mass is 440 g/mol. The van der Waals surface area contributed by atoms with E-state index < -0.39 is 0 Å². The molecule has 2 aromatic rings. The summed E-state index contributed by atoms with van der Waals surface area (Å²) in [5.74, 6) is 0.208. The van der Waals surface area contributed by atoms with Gasteiger partial charge < -0.3 is 10.2 Å². The number of piperidine rings is 1. The third-order valence-electron chi connectivity index (χ3n) is 5.41. The van der Waals surface area contributed by atoms with Gasteiger partial charge in [-0.05, 0) is 38.2 Å². The molecule has 1 amide bonds. The zero-order valence-corrected chi connectivity index (χ0v) is 18.8. The van der Waals surface area contributed by atoms with Crippen molar-refractivity contribution in [1.82, 2.24) is 4.90 Å². The first-order valence-electron chi connectivity index (χ1n) is 10.1. The number of hydrogen-bond acceptors (Lipinski definition) is 5. The van der Waals surface area contributed by atoms with Gasteiger partial charge in [0.15, 0.2) is 5.66 Å². The van der Waals surface area contributed by atoms with E-state index in [0.29, 0.717) is 5.02 Å². The van der Waals surface area contributed by atoms with Crippen molar-refractivity contribution < 1.29 is 4.79 Å². The predicted octanol–water partition coefficient (Wildman–Crippen LogP) is 4.64. The molecule has 2 aromatic carbocycles. The average Bonchev–Trinajstić information content (AvgIpc) is 3.09. The molecule has 2 aliphatic rings. The van der Waals surface area contributed by atoms with Crippen LogP contribution in [-0.4, -0.2) is 53.1 Å². The van der Waals surface area contributed by atoms with Gasteiger partial charge in [-0.15, -0.1) is 0 Å². The summed E-state index contributed by atoms with van der Waals surface area (Å²) >= 11 is 7.37. The Morgan fingerprint density at radius 3 is 2.43 bits per heavy atom. The number of likely N-dealkylation sites (tertiary alicyclic amines) is 1. The first-order valence-corrected chi connectivity index (χ1v) is 11.4. The molecule has 1 fully saturated rings. The molecule has 0 aliphatic carbocycles. The Bertz CT molecular complexity index is 977. The van der Waals surface area contributed by atoms with Crippen LogP contribution in [-0.2, 0) is 4.79 Å². The lowest BCUT2D eigenvalue weighted by molar-refractivity contribution is -0.113. The van der Waals surface area contributed by atoms with Crippen molar-refractivity contribution in [3.63, 3.8) is 0 Å². The molecule has 1 saturated heterocycles. The third-order valence-corrected chi connectivity index (χ3v) is 6.63. The van der Waals surface area contributed by atoms with Crippen LogP contribution in [0.15, 0.2) is 58.5 Å². The number of amides is 1. The smallest absolute Gasteiger partial charge is 0.234 e. The highest BCUT2D eigenvalue weighted by Crippen LogP contribution is 2.35. The van der Waals surface area contributed by atoms with Crippen molar-refractivity contribution in [2.45, 2.75) is 25.4 Å². The molecule has 0 atom stereocenters. The molecular weight excluding hydrogens is 416 g/mol. The molecule has 0 radical (unpaired) electrons. The molecule has 2 aliphatic heterocycles. The number of aliphatic imine (C=N–C) groups is 2. The van der Waals surface area contributed by atoms with E-state index in [9.17, 15) is 4.79 Å². The van der Waals surface area contributed by atoms with Crippen molar-refractivity contribution in [3.8, 4) is 0 Å². The number of carbonyl (C=O) groups is 1. The van der Waals surface area contributed by atoms with Gasteiger partial charge in [0, 0.05) is 42.2 Å². The lowest BCUT2D eigenvalue weighted by Gasteiger charge is -2.33. The number of aryl methyl sites for hydroxylation is 1. The summed E-state index contributed by atoms with van der Waals surface area (Å²) in [4.78, 5) is 24.9. The summed E-state index contributed by atoms with van der Waals surface area (Å²) in [5.41, 5.74) is 3.52. The number of hydrogen-bond donors (Lipinski definition) is 1. The van der Waals surface area contributed by atoms with Crippen LogP contribution in [0.25, 0.3) is 0 Å². The van der Waals surface area contributed by atoms with Crippen molar-refractivity contribution in [2.75, 3.05) is 31.2 Å². The Balaban J connectivity index is 1.50. The number of anilines is 1. The highest BCUT2D eigenvalue weighted by Gasteiger charge is 2.39. The highest BCUT2D eigenvalue weighted by molar-refractivity contribution is 8.16. The summed E-state index contributed by atoms with van der Waals surface area (Å²) < 4.78 is 0. The van der Waals surface area contributed by atoms with E-state index in [1.54, 1.807) is 24.3 Å². The van der Waals surface area contributed by atoms with E-state index in [1.165, 1.54) is 17.3 Å². The SMILES string of the molecule is Cc1ccc(C2=NC3(CCN(C)CC3)N=C2SCC(=O)Nc2ccc(Cl)cc2)cc1. The minimum Gasteiger partial charge on any atom is -0.325 e. The quantitative estimate of drug-likeness (QED) is 0.753. The fraction of sp³-hybridized carbons (Fsp3) is 0.348. The van der Waals surface area contributed by atoms with E-state index in [1.807, 2.05) is 0 Å². The maximum atomic E-state index is 12.5. The van der Waals surface area contributed by atoms with Crippen LogP contribution in [0.1, 0.15) is 24.0 Å². The zero-order valence-electron chi connectivity index (χ0n) is 17.2. The summed E-state index contributed by atoms with van der Waals surface area (Å²) in [7, 11) is 2.13. The van der Waals surface area contributed by atoms with E-state index >= 15 is 0 Å². The third kappa shape index (κ3) is 4.94. The average molecular weight is 441 g/mol. The molecule has 0 aromatic heterocycles. The second kappa shape index (κ2) is 8.92. The molecule has 5 nitrogen and oxygen atoms in total. The van der Waals surface area contributed by atoms with Crippen LogP contribution in [0.5, 0.6) is 0 Å². The Labute approximate surface area is 186 Å². The lowest BCUT2D eigenvalue weighted by Crippen LogP contribution is -2.39. The van der Waals surface area contributed by atoms with Gasteiger partial charge in [-0.3, -0.25) is 9.79 Å². The largest absolute Gasteiger partial charge is 0.325 e. The first kappa shape index (κ1) is 21.1. The highest BCUT2D eigenvalue weighted by atomic mass is 35.5. The molecule has 0 bridgehead atoms. The van der Waals surface area contributed by atoms with E-state index in [-0.39, 0.29) is 17.3 Å². The van der Waals surface area contributed by atoms with Crippen molar-refractivity contribution in [3.05, 3.63) is 64.7 Å². The van der Waals surface area contributed by atoms with Gasteiger partial charge in [0.2, 0.25) is 5.91 Å². The van der Waals surface area contributed by atoms with Crippen LogP contribution in [0.3, 0.4) is 0 Å². The summed E-state index contributed by atoms with van der Waals surface area (Å²) in [6.45, 7) is 4.02. The first-order chi connectivity index (χ1) is 14.4. The number of halogens is 1. The summed E-state index contributed by atoms with van der Waals surface area (Å²) in [6.07, 6.45) is 1.81. The van der Waals surface area contributed by atoms with Gasteiger partial charge in [-0.25, -0.2) is 4.99 Å². The summed E-state index contributed by atoms with van der Waals surface area (Å²) in [5, 5.41) is 4.41. The Kier molecular flexibility index (Phi) is 6.27. The Hall–Kier alpha value is -2.15. The maximum absolute atomic E-state index is 12.5. The van der Waals surface area contributed by atoms with E-state index in [4.69, 9.17) is 21.6 Å². The number of rotatable bonds is 4. The molecule has 2 heterocycles. The van der Waals surface area contributed by atoms with Crippen LogP contribution in [0.4, 0.5) is 5.69 Å². The predicted molar refractivity (Wildman–Crippen MR) is 127 cm³/mol. The maximum Gasteiger partial charge on any atom is 0.234 e. The molecule has 0 unspecified atom stereocenters. The second-order valence-electron chi connectivity index (χ2n) is 7.87. The fourth-order valence-corrected chi connectivity index (χ4v) is 4.59. The standard InChI is InChI=1S/C23H25ClN4OS/c1-16-3-5-17(6-4-16)21-22(27-23(26-21)11-13-28(2)14-12-23)30-15-20(29)25-19-9-7-18(24)8-10-19/h3-10H,11-15H2,1-2H3,(H,25,29). The van der Waals surface area contributed by atoms with Crippen LogP contribution in [0.2, 0.25) is 5.02 Å². The summed E-state index contributed by atoms with van der Waals surface area (Å²) in [6, 6.07) is 15.5. The van der Waals surface area contributed by atoms with E-state index in [2.05, 4.69) is 48.5 Å². The van der Waals surface area contributed by atoms with Gasteiger partial charge in [0.05, 0.1) is 11.5 Å². The molecule has 156 valence electrons. The number of nitrogens with zero attached hydrogens (tertiary/aromatic N) is 3.